The van der Waals surface area contributed by atoms with Gasteiger partial charge in [0.25, 0.3) is 5.69 Å². The van der Waals surface area contributed by atoms with Gasteiger partial charge in [-0.15, -0.1) is 0 Å². The Kier molecular flexibility index (Phi) is 4.97. The van der Waals surface area contributed by atoms with Gasteiger partial charge in [0.1, 0.15) is 0 Å². The topological polar surface area (TPSA) is 51.3 Å². The lowest BCUT2D eigenvalue weighted by Crippen LogP contribution is -2.29. The van der Waals surface area contributed by atoms with E-state index in [1.165, 1.54) is 11.8 Å². The van der Waals surface area contributed by atoms with E-state index >= 15 is 0 Å². The Morgan fingerprint density at radius 1 is 1.07 bits per heavy atom. The molecule has 4 rings (SSSR count). The fourth-order valence-corrected chi connectivity index (χ4v) is 4.10. The molecule has 1 aliphatic rings. The number of rotatable bonds is 4. The SMILES string of the molecule is O=[N+]([O-])c1cccc(CN2CCCn3cccc3[C@H]2c2ccccc2Cl)c1. The molecular formula is C21H20ClN3O2. The summed E-state index contributed by atoms with van der Waals surface area (Å²) in [6.45, 7) is 2.47. The van der Waals surface area contributed by atoms with Crippen molar-refractivity contribution in [2.45, 2.75) is 25.6 Å². The molecule has 0 spiro atoms. The van der Waals surface area contributed by atoms with Crippen LogP contribution >= 0.6 is 11.6 Å². The molecule has 0 radical (unpaired) electrons. The van der Waals surface area contributed by atoms with E-state index in [9.17, 15) is 10.1 Å². The van der Waals surface area contributed by atoms with E-state index in [2.05, 4.69) is 33.9 Å². The lowest BCUT2D eigenvalue weighted by Gasteiger charge is -2.31. The van der Waals surface area contributed by atoms with Gasteiger partial charge in [0, 0.05) is 48.7 Å². The van der Waals surface area contributed by atoms with Crippen LogP contribution in [0.4, 0.5) is 5.69 Å². The second-order valence-electron chi connectivity index (χ2n) is 6.80. The van der Waals surface area contributed by atoms with E-state index < -0.39 is 0 Å². The van der Waals surface area contributed by atoms with Crippen LogP contribution in [-0.2, 0) is 13.1 Å². The molecular weight excluding hydrogens is 362 g/mol. The molecule has 3 aromatic rings. The maximum Gasteiger partial charge on any atom is 0.269 e. The highest BCUT2D eigenvalue weighted by Gasteiger charge is 2.29. The first-order chi connectivity index (χ1) is 13.1. The molecule has 1 atom stereocenters. The third-order valence-corrected chi connectivity index (χ3v) is 5.41. The lowest BCUT2D eigenvalue weighted by atomic mass is 10.0. The van der Waals surface area contributed by atoms with Crippen LogP contribution in [0.25, 0.3) is 0 Å². The Balaban J connectivity index is 1.75. The van der Waals surface area contributed by atoms with Crippen LogP contribution in [-0.4, -0.2) is 20.9 Å². The van der Waals surface area contributed by atoms with E-state index in [1.54, 1.807) is 12.1 Å². The number of nitro benzene ring substituents is 1. The molecule has 138 valence electrons. The van der Waals surface area contributed by atoms with Crippen LogP contribution in [0.15, 0.2) is 66.9 Å². The highest BCUT2D eigenvalue weighted by Crippen LogP contribution is 2.36. The van der Waals surface area contributed by atoms with Crippen LogP contribution < -0.4 is 0 Å². The van der Waals surface area contributed by atoms with Crippen molar-refractivity contribution in [1.82, 2.24) is 9.47 Å². The minimum atomic E-state index is -0.345. The lowest BCUT2D eigenvalue weighted by molar-refractivity contribution is -0.384. The van der Waals surface area contributed by atoms with Gasteiger partial charge in [-0.3, -0.25) is 15.0 Å². The second kappa shape index (κ2) is 7.55. The van der Waals surface area contributed by atoms with Crippen LogP contribution in [0.3, 0.4) is 0 Å². The minimum Gasteiger partial charge on any atom is -0.350 e. The standard InChI is InChI=1S/C21H20ClN3O2/c22-19-9-2-1-8-18(19)21-20-10-4-11-23(20)12-5-13-24(21)15-16-6-3-7-17(14-16)25(26)27/h1-4,6-11,14,21H,5,12-13,15H2/t21-/m1/s1. The summed E-state index contributed by atoms with van der Waals surface area (Å²) in [5, 5.41) is 11.9. The summed E-state index contributed by atoms with van der Waals surface area (Å²) in [5.74, 6) is 0. The predicted octanol–water partition coefficient (Wildman–Crippen LogP) is 5.05. The van der Waals surface area contributed by atoms with Gasteiger partial charge in [-0.05, 0) is 35.7 Å². The molecule has 0 N–H and O–H groups in total. The zero-order valence-electron chi connectivity index (χ0n) is 14.8. The predicted molar refractivity (Wildman–Crippen MR) is 106 cm³/mol. The van der Waals surface area contributed by atoms with E-state index in [4.69, 9.17) is 11.6 Å². The third kappa shape index (κ3) is 3.61. The number of nitrogens with zero attached hydrogens (tertiary/aromatic N) is 3. The molecule has 0 saturated carbocycles. The third-order valence-electron chi connectivity index (χ3n) is 5.06. The first-order valence-corrected chi connectivity index (χ1v) is 9.38. The van der Waals surface area contributed by atoms with Crippen molar-refractivity contribution in [2.24, 2.45) is 0 Å². The highest BCUT2D eigenvalue weighted by atomic mass is 35.5. The normalized spacial score (nSPS) is 17.3. The van der Waals surface area contributed by atoms with Gasteiger partial charge >= 0.3 is 0 Å². The Bertz CT molecular complexity index is 969. The largest absolute Gasteiger partial charge is 0.350 e. The van der Waals surface area contributed by atoms with Gasteiger partial charge in [0.05, 0.1) is 11.0 Å². The zero-order valence-corrected chi connectivity index (χ0v) is 15.5. The summed E-state index contributed by atoms with van der Waals surface area (Å²) < 4.78 is 2.28. The van der Waals surface area contributed by atoms with Crippen molar-refractivity contribution in [2.75, 3.05) is 6.54 Å². The van der Waals surface area contributed by atoms with Gasteiger partial charge in [-0.2, -0.15) is 0 Å². The average Bonchev–Trinajstić information content (AvgIpc) is 3.05. The van der Waals surface area contributed by atoms with Crippen LogP contribution in [0.2, 0.25) is 5.02 Å². The van der Waals surface area contributed by atoms with Gasteiger partial charge in [-0.1, -0.05) is 41.9 Å². The molecule has 0 amide bonds. The number of hydrogen-bond donors (Lipinski definition) is 0. The monoisotopic (exact) mass is 381 g/mol. The maximum absolute atomic E-state index is 11.1. The van der Waals surface area contributed by atoms with Crippen molar-refractivity contribution in [3.63, 3.8) is 0 Å². The molecule has 2 aromatic carbocycles. The first kappa shape index (κ1) is 17.8. The van der Waals surface area contributed by atoms with E-state index in [-0.39, 0.29) is 16.7 Å². The van der Waals surface area contributed by atoms with Crippen LogP contribution in [0.5, 0.6) is 0 Å². The smallest absolute Gasteiger partial charge is 0.269 e. The maximum atomic E-state index is 11.1. The fourth-order valence-electron chi connectivity index (χ4n) is 3.87. The fraction of sp³-hybridized carbons (Fsp3) is 0.238. The number of nitro groups is 1. The number of fused-ring (bicyclic) bond motifs is 1. The Labute approximate surface area is 162 Å². The molecule has 27 heavy (non-hydrogen) atoms. The highest BCUT2D eigenvalue weighted by molar-refractivity contribution is 6.31. The quantitative estimate of drug-likeness (QED) is 0.469. The molecule has 0 fully saturated rings. The molecule has 1 aromatic heterocycles. The molecule has 0 saturated heterocycles. The van der Waals surface area contributed by atoms with E-state index in [1.807, 2.05) is 24.3 Å². The Hall–Kier alpha value is -2.63. The van der Waals surface area contributed by atoms with Crippen molar-refractivity contribution in [3.05, 3.63) is 98.8 Å². The molecule has 1 aliphatic heterocycles. The second-order valence-corrected chi connectivity index (χ2v) is 7.21. The summed E-state index contributed by atoms with van der Waals surface area (Å²) in [4.78, 5) is 13.1. The van der Waals surface area contributed by atoms with Gasteiger partial charge < -0.3 is 4.57 Å². The van der Waals surface area contributed by atoms with Gasteiger partial charge in [0.15, 0.2) is 0 Å². The van der Waals surface area contributed by atoms with Crippen molar-refractivity contribution >= 4 is 17.3 Å². The molecule has 2 heterocycles. The summed E-state index contributed by atoms with van der Waals surface area (Å²) in [5.41, 5.74) is 3.32. The molecule has 5 nitrogen and oxygen atoms in total. The number of halogens is 1. The molecule has 0 bridgehead atoms. The Morgan fingerprint density at radius 2 is 1.93 bits per heavy atom. The van der Waals surface area contributed by atoms with Crippen molar-refractivity contribution in [3.8, 4) is 0 Å². The summed E-state index contributed by atoms with van der Waals surface area (Å²) in [6.07, 6.45) is 3.12. The van der Waals surface area contributed by atoms with Crippen LogP contribution in [0, 0.1) is 10.1 Å². The van der Waals surface area contributed by atoms with Crippen molar-refractivity contribution < 1.29 is 4.92 Å². The summed E-state index contributed by atoms with van der Waals surface area (Å²) in [6, 6.07) is 19.0. The number of hydrogen-bond acceptors (Lipinski definition) is 3. The van der Waals surface area contributed by atoms with Crippen LogP contribution in [0.1, 0.15) is 29.3 Å². The van der Waals surface area contributed by atoms with Crippen molar-refractivity contribution in [1.29, 1.82) is 0 Å². The first-order valence-electron chi connectivity index (χ1n) is 9.00. The Morgan fingerprint density at radius 3 is 2.74 bits per heavy atom. The molecule has 0 unspecified atom stereocenters. The molecule has 0 aliphatic carbocycles. The van der Waals surface area contributed by atoms with Gasteiger partial charge in [0.2, 0.25) is 0 Å². The minimum absolute atomic E-state index is 0.00969. The summed E-state index contributed by atoms with van der Waals surface area (Å²) in [7, 11) is 0. The number of benzene rings is 2. The van der Waals surface area contributed by atoms with Gasteiger partial charge in [-0.25, -0.2) is 0 Å². The number of aryl methyl sites for hydroxylation is 1. The average molecular weight is 382 g/mol. The summed E-state index contributed by atoms with van der Waals surface area (Å²) >= 11 is 6.55. The number of aromatic nitrogens is 1. The molecule has 6 heteroatoms. The van der Waals surface area contributed by atoms with E-state index in [0.29, 0.717) is 6.54 Å². The van der Waals surface area contributed by atoms with E-state index in [0.717, 1.165) is 35.7 Å². The number of non-ortho nitro benzene ring substituents is 1. The zero-order chi connectivity index (χ0) is 18.8.